The Labute approximate surface area is 55.1 Å². The fourth-order valence-electron chi connectivity index (χ4n) is 0.502. The Kier molecular flexibility index (Phi) is 4.97. The minimum absolute atomic E-state index is 0.606. The highest BCUT2D eigenvalue weighted by Gasteiger charge is 1.86. The Hall–Kier alpha value is -0.730. The summed E-state index contributed by atoms with van der Waals surface area (Å²) in [5.41, 5.74) is 7.88. The second kappa shape index (κ2) is 5.41. The van der Waals surface area contributed by atoms with Crippen molar-refractivity contribution in [2.75, 3.05) is 27.2 Å². The summed E-state index contributed by atoms with van der Waals surface area (Å²) in [7, 11) is 3.99. The van der Waals surface area contributed by atoms with E-state index < -0.39 is 0 Å². The smallest absolute Gasteiger partial charge is 0.0270 e. The number of rotatable bonds is 4. The molecule has 0 aromatic carbocycles. The lowest BCUT2D eigenvalue weighted by atomic mass is 10.4. The zero-order valence-corrected chi connectivity index (χ0v) is 5.91. The van der Waals surface area contributed by atoms with Gasteiger partial charge in [-0.05, 0) is 32.6 Å². The fraction of sp³-hybridized carbons (Fsp3) is 1.00. The van der Waals surface area contributed by atoms with Crippen LogP contribution in [-0.2, 0) is 0 Å². The van der Waals surface area contributed by atoms with Crippen LogP contribution in [-0.4, -0.2) is 32.1 Å². The van der Waals surface area contributed by atoms with Crippen molar-refractivity contribution in [2.24, 2.45) is 5.11 Å². The Morgan fingerprint density at radius 2 is 2.22 bits per heavy atom. The van der Waals surface area contributed by atoms with Crippen LogP contribution < -0.4 is 0 Å². The average molecular weight is 128 g/mol. The Morgan fingerprint density at radius 3 is 2.67 bits per heavy atom. The lowest BCUT2D eigenvalue weighted by Gasteiger charge is -2.05. The third-order valence-electron chi connectivity index (χ3n) is 0.927. The Balaban J connectivity index is 3.00. The molecule has 0 unspecified atom stereocenters. The van der Waals surface area contributed by atoms with E-state index in [2.05, 4.69) is 14.9 Å². The fourth-order valence-corrected chi connectivity index (χ4v) is 0.502. The van der Waals surface area contributed by atoms with Crippen LogP contribution in [0.3, 0.4) is 0 Å². The highest BCUT2D eigenvalue weighted by Crippen LogP contribution is 1.83. The molecule has 0 aliphatic rings. The zero-order chi connectivity index (χ0) is 7.11. The summed E-state index contributed by atoms with van der Waals surface area (Å²) in [4.78, 5) is 4.70. The number of hydrogen-bond donors (Lipinski definition) is 0. The van der Waals surface area contributed by atoms with Crippen LogP contribution in [0.1, 0.15) is 6.42 Å². The molecule has 0 rings (SSSR count). The predicted molar refractivity (Wildman–Crippen MR) is 37.2 cm³/mol. The van der Waals surface area contributed by atoms with E-state index in [1.165, 1.54) is 0 Å². The first-order valence-corrected chi connectivity index (χ1v) is 2.93. The first-order valence-electron chi connectivity index (χ1n) is 2.93. The van der Waals surface area contributed by atoms with E-state index in [1.54, 1.807) is 0 Å². The topological polar surface area (TPSA) is 52.0 Å². The molecule has 52 valence electrons. The van der Waals surface area contributed by atoms with Crippen LogP contribution in [0.25, 0.3) is 10.4 Å². The van der Waals surface area contributed by atoms with Gasteiger partial charge in [0.15, 0.2) is 0 Å². The van der Waals surface area contributed by atoms with Gasteiger partial charge < -0.3 is 4.90 Å². The van der Waals surface area contributed by atoms with E-state index in [0.717, 1.165) is 13.0 Å². The van der Waals surface area contributed by atoms with Crippen molar-refractivity contribution in [3.8, 4) is 0 Å². The molecule has 0 spiro atoms. The van der Waals surface area contributed by atoms with Crippen LogP contribution in [0.15, 0.2) is 5.11 Å². The van der Waals surface area contributed by atoms with Gasteiger partial charge in [0.25, 0.3) is 0 Å². The van der Waals surface area contributed by atoms with Gasteiger partial charge in [0, 0.05) is 11.5 Å². The molecular formula is C5H12N4. The minimum atomic E-state index is 0.606. The van der Waals surface area contributed by atoms with Crippen molar-refractivity contribution in [3.63, 3.8) is 0 Å². The van der Waals surface area contributed by atoms with Gasteiger partial charge in [-0.3, -0.25) is 0 Å². The highest BCUT2D eigenvalue weighted by molar-refractivity contribution is 4.49. The maximum Gasteiger partial charge on any atom is 0.0270 e. The molecule has 0 aromatic rings. The van der Waals surface area contributed by atoms with E-state index in [0.29, 0.717) is 6.54 Å². The second-order valence-electron chi connectivity index (χ2n) is 2.11. The molecule has 0 amide bonds. The molecule has 0 heterocycles. The third-order valence-corrected chi connectivity index (χ3v) is 0.927. The number of azide groups is 1. The van der Waals surface area contributed by atoms with Crippen molar-refractivity contribution in [2.45, 2.75) is 6.42 Å². The van der Waals surface area contributed by atoms with E-state index >= 15 is 0 Å². The van der Waals surface area contributed by atoms with Gasteiger partial charge >= 0.3 is 0 Å². The predicted octanol–water partition coefficient (Wildman–Crippen LogP) is 1.25. The van der Waals surface area contributed by atoms with Gasteiger partial charge in [0.05, 0.1) is 0 Å². The van der Waals surface area contributed by atoms with Crippen molar-refractivity contribution in [3.05, 3.63) is 10.4 Å². The lowest BCUT2D eigenvalue weighted by molar-refractivity contribution is 0.403. The monoisotopic (exact) mass is 128 g/mol. The van der Waals surface area contributed by atoms with Gasteiger partial charge in [-0.15, -0.1) is 0 Å². The largest absolute Gasteiger partial charge is 0.309 e. The zero-order valence-electron chi connectivity index (χ0n) is 5.91. The lowest BCUT2D eigenvalue weighted by Crippen LogP contribution is -2.13. The summed E-state index contributed by atoms with van der Waals surface area (Å²) >= 11 is 0. The van der Waals surface area contributed by atoms with Gasteiger partial charge in [0.2, 0.25) is 0 Å². The van der Waals surface area contributed by atoms with E-state index in [-0.39, 0.29) is 0 Å². The highest BCUT2D eigenvalue weighted by atomic mass is 15.1. The number of nitrogens with zero attached hydrogens (tertiary/aromatic N) is 4. The SMILES string of the molecule is CN(C)CCCN=[N+]=[N-]. The molecule has 0 atom stereocenters. The Morgan fingerprint density at radius 1 is 1.56 bits per heavy atom. The summed E-state index contributed by atoms with van der Waals surface area (Å²) in [6, 6.07) is 0. The average Bonchev–Trinajstić information content (AvgIpc) is 1.80. The van der Waals surface area contributed by atoms with Crippen molar-refractivity contribution >= 4 is 0 Å². The molecule has 4 nitrogen and oxygen atoms in total. The minimum Gasteiger partial charge on any atom is -0.309 e. The summed E-state index contributed by atoms with van der Waals surface area (Å²) in [6.45, 7) is 1.59. The Bertz CT molecular complexity index is 104. The van der Waals surface area contributed by atoms with Crippen molar-refractivity contribution in [1.29, 1.82) is 0 Å². The molecule has 0 N–H and O–H groups in total. The molecule has 0 radical (unpaired) electrons. The maximum atomic E-state index is 7.88. The molecule has 0 bridgehead atoms. The molecular weight excluding hydrogens is 116 g/mol. The normalized spacial score (nSPS) is 9.22. The summed E-state index contributed by atoms with van der Waals surface area (Å²) in [5, 5.41) is 3.40. The summed E-state index contributed by atoms with van der Waals surface area (Å²) in [5.74, 6) is 0. The van der Waals surface area contributed by atoms with Crippen LogP contribution in [0.5, 0.6) is 0 Å². The van der Waals surface area contributed by atoms with Gasteiger partial charge in [-0.25, -0.2) is 0 Å². The van der Waals surface area contributed by atoms with Gasteiger partial charge in [-0.2, -0.15) is 0 Å². The first kappa shape index (κ1) is 8.27. The van der Waals surface area contributed by atoms with Crippen LogP contribution >= 0.6 is 0 Å². The molecule has 0 aliphatic carbocycles. The van der Waals surface area contributed by atoms with Crippen LogP contribution in [0, 0.1) is 0 Å². The van der Waals surface area contributed by atoms with Crippen molar-refractivity contribution < 1.29 is 0 Å². The number of hydrogen-bond acceptors (Lipinski definition) is 2. The standard InChI is InChI=1S/C5H12N4/c1-9(2)5-3-4-7-8-6/h3-5H2,1-2H3. The van der Waals surface area contributed by atoms with E-state index in [9.17, 15) is 0 Å². The van der Waals surface area contributed by atoms with Gasteiger partial charge in [-0.1, -0.05) is 5.11 Å². The second-order valence-corrected chi connectivity index (χ2v) is 2.11. The van der Waals surface area contributed by atoms with E-state index in [1.807, 2.05) is 14.1 Å². The van der Waals surface area contributed by atoms with Crippen molar-refractivity contribution in [1.82, 2.24) is 4.90 Å². The molecule has 0 aliphatic heterocycles. The summed E-state index contributed by atoms with van der Waals surface area (Å²) < 4.78 is 0. The molecule has 0 aromatic heterocycles. The molecule has 9 heavy (non-hydrogen) atoms. The van der Waals surface area contributed by atoms with Crippen LogP contribution in [0.2, 0.25) is 0 Å². The maximum absolute atomic E-state index is 7.88. The van der Waals surface area contributed by atoms with Crippen LogP contribution in [0.4, 0.5) is 0 Å². The summed E-state index contributed by atoms with van der Waals surface area (Å²) in [6.07, 6.45) is 0.942. The van der Waals surface area contributed by atoms with E-state index in [4.69, 9.17) is 5.53 Å². The molecule has 0 saturated carbocycles. The third kappa shape index (κ3) is 7.27. The molecule has 4 heteroatoms. The van der Waals surface area contributed by atoms with Gasteiger partial charge in [0.1, 0.15) is 0 Å². The molecule has 0 fully saturated rings. The quantitative estimate of drug-likeness (QED) is 0.243. The first-order chi connectivity index (χ1) is 4.27. The molecule has 0 saturated heterocycles.